The number of allylic oxidation sites excluding steroid dienone is 1. The van der Waals surface area contributed by atoms with Gasteiger partial charge in [0.25, 0.3) is 0 Å². The maximum atomic E-state index is 5.62. The molecule has 18 heavy (non-hydrogen) atoms. The van der Waals surface area contributed by atoms with Crippen LogP contribution in [0.15, 0.2) is 66.2 Å². The summed E-state index contributed by atoms with van der Waals surface area (Å²) in [5, 5.41) is 5.22. The lowest BCUT2D eigenvalue weighted by Crippen LogP contribution is -1.85. The van der Waals surface area contributed by atoms with Gasteiger partial charge in [0.2, 0.25) is 0 Å². The third kappa shape index (κ3) is 1.89. The van der Waals surface area contributed by atoms with E-state index in [0.717, 1.165) is 6.42 Å². The molecule has 0 aromatic heterocycles. The molecular formula is C17H13Cl. The number of hydrogen-bond acceptors (Lipinski definition) is 0. The van der Waals surface area contributed by atoms with Crippen LogP contribution in [0.2, 0.25) is 0 Å². The van der Waals surface area contributed by atoms with Gasteiger partial charge in [0.1, 0.15) is 0 Å². The van der Waals surface area contributed by atoms with Gasteiger partial charge < -0.3 is 0 Å². The first kappa shape index (κ1) is 11.3. The first-order chi connectivity index (χ1) is 8.90. The molecule has 0 heterocycles. The fraction of sp³-hybridized carbons (Fsp3) is 0.0588. The van der Waals surface area contributed by atoms with Crippen LogP contribution in [-0.4, -0.2) is 0 Å². The van der Waals surface area contributed by atoms with Crippen molar-refractivity contribution in [2.24, 2.45) is 0 Å². The van der Waals surface area contributed by atoms with Crippen LogP contribution >= 0.6 is 11.6 Å². The second-order valence-electron chi connectivity index (χ2n) is 4.36. The molecule has 0 nitrogen and oxygen atoms in total. The van der Waals surface area contributed by atoms with Crippen LogP contribution in [0.25, 0.3) is 21.5 Å². The van der Waals surface area contributed by atoms with Crippen molar-refractivity contribution < 1.29 is 0 Å². The van der Waals surface area contributed by atoms with Gasteiger partial charge in [-0.25, -0.2) is 0 Å². The Morgan fingerprint density at radius 2 is 1.61 bits per heavy atom. The summed E-state index contributed by atoms with van der Waals surface area (Å²) >= 11 is 5.62. The predicted octanol–water partition coefficient (Wildman–Crippen LogP) is 5.29. The summed E-state index contributed by atoms with van der Waals surface area (Å²) in [5.41, 5.74) is 2.90. The maximum Gasteiger partial charge on any atom is 0.000580 e. The SMILES string of the molecule is ClC=CCc1cccc2c1ccc1ccccc12. The van der Waals surface area contributed by atoms with Crippen molar-refractivity contribution in [2.45, 2.75) is 6.42 Å². The summed E-state index contributed by atoms with van der Waals surface area (Å²) in [6.07, 6.45) is 2.85. The van der Waals surface area contributed by atoms with Gasteiger partial charge in [-0.1, -0.05) is 72.3 Å². The fourth-order valence-corrected chi connectivity index (χ4v) is 2.54. The monoisotopic (exact) mass is 252 g/mol. The first-order valence-corrected chi connectivity index (χ1v) is 6.48. The topological polar surface area (TPSA) is 0 Å². The second kappa shape index (κ2) is 4.83. The van der Waals surface area contributed by atoms with Crippen LogP contribution in [0.3, 0.4) is 0 Å². The van der Waals surface area contributed by atoms with Crippen molar-refractivity contribution in [1.82, 2.24) is 0 Å². The quantitative estimate of drug-likeness (QED) is 0.544. The second-order valence-corrected chi connectivity index (χ2v) is 4.62. The molecule has 1 heteroatoms. The highest BCUT2D eigenvalue weighted by atomic mass is 35.5. The number of hydrogen-bond donors (Lipinski definition) is 0. The van der Waals surface area contributed by atoms with Crippen molar-refractivity contribution in [1.29, 1.82) is 0 Å². The van der Waals surface area contributed by atoms with E-state index in [2.05, 4.69) is 54.6 Å². The molecule has 0 amide bonds. The van der Waals surface area contributed by atoms with E-state index in [1.807, 2.05) is 6.08 Å². The van der Waals surface area contributed by atoms with Gasteiger partial charge in [0, 0.05) is 5.54 Å². The lowest BCUT2D eigenvalue weighted by Gasteiger charge is -2.07. The zero-order valence-electron chi connectivity index (χ0n) is 9.94. The highest BCUT2D eigenvalue weighted by molar-refractivity contribution is 6.25. The smallest absolute Gasteiger partial charge is 0.000580 e. The van der Waals surface area contributed by atoms with Gasteiger partial charge in [0.05, 0.1) is 0 Å². The summed E-state index contributed by atoms with van der Waals surface area (Å²) < 4.78 is 0. The fourth-order valence-electron chi connectivity index (χ4n) is 2.45. The third-order valence-electron chi connectivity index (χ3n) is 3.30. The summed E-state index contributed by atoms with van der Waals surface area (Å²) in [7, 11) is 0. The first-order valence-electron chi connectivity index (χ1n) is 6.05. The van der Waals surface area contributed by atoms with Crippen molar-refractivity contribution in [2.75, 3.05) is 0 Å². The van der Waals surface area contributed by atoms with E-state index in [1.54, 1.807) is 5.54 Å². The lowest BCUT2D eigenvalue weighted by atomic mass is 9.97. The Morgan fingerprint density at radius 3 is 2.50 bits per heavy atom. The minimum Gasteiger partial charge on any atom is -0.0933 e. The molecule has 0 fully saturated rings. The van der Waals surface area contributed by atoms with E-state index < -0.39 is 0 Å². The highest BCUT2D eigenvalue weighted by Crippen LogP contribution is 2.27. The van der Waals surface area contributed by atoms with Crippen molar-refractivity contribution in [3.63, 3.8) is 0 Å². The van der Waals surface area contributed by atoms with Crippen LogP contribution in [-0.2, 0) is 6.42 Å². The Kier molecular flexibility index (Phi) is 3.04. The average Bonchev–Trinajstić information content (AvgIpc) is 2.44. The third-order valence-corrected chi connectivity index (χ3v) is 3.48. The zero-order valence-corrected chi connectivity index (χ0v) is 10.7. The molecule has 0 aliphatic heterocycles. The summed E-state index contributed by atoms with van der Waals surface area (Å²) in [4.78, 5) is 0. The van der Waals surface area contributed by atoms with Crippen molar-refractivity contribution >= 4 is 33.1 Å². The molecule has 3 aromatic rings. The number of fused-ring (bicyclic) bond motifs is 3. The molecule has 0 unspecified atom stereocenters. The van der Waals surface area contributed by atoms with Gasteiger partial charge in [-0.15, -0.1) is 0 Å². The van der Waals surface area contributed by atoms with Crippen LogP contribution < -0.4 is 0 Å². The lowest BCUT2D eigenvalue weighted by molar-refractivity contribution is 1.31. The Balaban J connectivity index is 2.32. The van der Waals surface area contributed by atoms with Gasteiger partial charge in [-0.2, -0.15) is 0 Å². The number of rotatable bonds is 2. The van der Waals surface area contributed by atoms with Crippen LogP contribution in [0, 0.1) is 0 Å². The van der Waals surface area contributed by atoms with Crippen molar-refractivity contribution in [3.05, 3.63) is 71.8 Å². The summed E-state index contributed by atoms with van der Waals surface area (Å²) in [6, 6.07) is 19.4. The molecular weight excluding hydrogens is 240 g/mol. The van der Waals surface area contributed by atoms with E-state index in [1.165, 1.54) is 27.1 Å². The van der Waals surface area contributed by atoms with E-state index in [9.17, 15) is 0 Å². The van der Waals surface area contributed by atoms with Crippen LogP contribution in [0.5, 0.6) is 0 Å². The molecule has 0 saturated carbocycles. The molecule has 0 aliphatic rings. The van der Waals surface area contributed by atoms with E-state index in [-0.39, 0.29) is 0 Å². The highest BCUT2D eigenvalue weighted by Gasteiger charge is 2.03. The molecule has 3 aromatic carbocycles. The average molecular weight is 253 g/mol. The normalized spacial score (nSPS) is 11.6. The van der Waals surface area contributed by atoms with E-state index >= 15 is 0 Å². The van der Waals surface area contributed by atoms with E-state index in [0.29, 0.717) is 0 Å². The molecule has 0 atom stereocenters. The van der Waals surface area contributed by atoms with Gasteiger partial charge in [0.15, 0.2) is 0 Å². The molecule has 0 saturated heterocycles. The molecule has 0 radical (unpaired) electrons. The van der Waals surface area contributed by atoms with Gasteiger partial charge in [-0.05, 0) is 33.5 Å². The summed E-state index contributed by atoms with van der Waals surface area (Å²) in [5.74, 6) is 0. The van der Waals surface area contributed by atoms with Gasteiger partial charge in [-0.3, -0.25) is 0 Å². The molecule has 0 N–H and O–H groups in total. The van der Waals surface area contributed by atoms with Crippen LogP contribution in [0.1, 0.15) is 5.56 Å². The predicted molar refractivity (Wildman–Crippen MR) is 80.2 cm³/mol. The van der Waals surface area contributed by atoms with Crippen LogP contribution in [0.4, 0.5) is 0 Å². The van der Waals surface area contributed by atoms with Crippen molar-refractivity contribution in [3.8, 4) is 0 Å². The maximum absolute atomic E-state index is 5.62. The van der Waals surface area contributed by atoms with Gasteiger partial charge >= 0.3 is 0 Å². The largest absolute Gasteiger partial charge is 0.0933 e. The number of benzene rings is 3. The Bertz CT molecular complexity index is 726. The van der Waals surface area contributed by atoms with E-state index in [4.69, 9.17) is 11.6 Å². The molecule has 3 rings (SSSR count). The Morgan fingerprint density at radius 1 is 0.778 bits per heavy atom. The minimum atomic E-state index is 0.874. The summed E-state index contributed by atoms with van der Waals surface area (Å²) in [6.45, 7) is 0. The molecule has 0 spiro atoms. The zero-order chi connectivity index (χ0) is 12.4. The molecule has 0 bridgehead atoms. The standard InChI is InChI=1S/C17H13Cl/c18-12-4-7-13-6-3-9-17-15-8-2-1-5-14(15)10-11-16(13)17/h1-6,8-12H,7H2. The molecule has 88 valence electrons. The number of halogens is 1. The minimum absolute atomic E-state index is 0.874. The Hall–Kier alpha value is -1.79. The molecule has 0 aliphatic carbocycles. The Labute approximate surface area is 112 Å².